The minimum atomic E-state index is -0.996. The van der Waals surface area contributed by atoms with E-state index >= 15 is 0 Å². The maximum atomic E-state index is 10.7. The molecule has 0 saturated heterocycles. The number of halogens is 1. The fraction of sp³-hybridized carbons (Fsp3) is 0.133. The van der Waals surface area contributed by atoms with Crippen molar-refractivity contribution in [1.29, 1.82) is 0 Å². The first-order valence-electron chi connectivity index (χ1n) is 5.97. The molecule has 0 saturated carbocycles. The molecular formula is C15H13IO4. The lowest BCUT2D eigenvalue weighted by molar-refractivity contribution is -0.144. The zero-order valence-corrected chi connectivity index (χ0v) is 12.9. The highest BCUT2D eigenvalue weighted by atomic mass is 127. The van der Waals surface area contributed by atoms with Crippen molar-refractivity contribution in [1.82, 2.24) is 0 Å². The molecule has 0 aliphatic rings. The van der Waals surface area contributed by atoms with Gasteiger partial charge in [0.15, 0.2) is 6.10 Å². The molecule has 0 aromatic heterocycles. The summed E-state index contributed by atoms with van der Waals surface area (Å²) in [5.41, 5.74) is 0. The Morgan fingerprint density at radius 1 is 1.00 bits per heavy atom. The van der Waals surface area contributed by atoms with Gasteiger partial charge in [-0.15, -0.1) is 0 Å². The second-order valence-electron chi connectivity index (χ2n) is 4.13. The third kappa shape index (κ3) is 4.12. The molecule has 1 N–H and O–H groups in total. The molecule has 1 atom stereocenters. The summed E-state index contributed by atoms with van der Waals surface area (Å²) in [5.74, 6) is 0.915. The molecule has 0 amide bonds. The van der Waals surface area contributed by atoms with Crippen LogP contribution >= 0.6 is 22.6 Å². The summed E-state index contributed by atoms with van der Waals surface area (Å²) in [6, 6.07) is 14.5. The van der Waals surface area contributed by atoms with E-state index in [1.807, 2.05) is 24.3 Å². The van der Waals surface area contributed by atoms with Gasteiger partial charge in [0.05, 0.1) is 0 Å². The third-order valence-corrected chi connectivity index (χ3v) is 3.25. The number of hydrogen-bond acceptors (Lipinski definition) is 3. The van der Waals surface area contributed by atoms with Crippen molar-refractivity contribution in [3.05, 3.63) is 52.1 Å². The van der Waals surface area contributed by atoms with Crippen molar-refractivity contribution >= 4 is 28.6 Å². The molecule has 2 rings (SSSR count). The Morgan fingerprint density at radius 3 is 1.95 bits per heavy atom. The second-order valence-corrected chi connectivity index (χ2v) is 5.37. The number of carboxylic acid groups (broad SMARTS) is 1. The number of carbonyl (C=O) groups is 1. The number of ether oxygens (including phenoxy) is 2. The van der Waals surface area contributed by atoms with Crippen LogP contribution in [0.25, 0.3) is 0 Å². The summed E-state index contributed by atoms with van der Waals surface area (Å²) < 4.78 is 12.0. The largest absolute Gasteiger partial charge is 0.479 e. The highest BCUT2D eigenvalue weighted by Gasteiger charge is 2.12. The predicted molar refractivity (Wildman–Crippen MR) is 83.4 cm³/mol. The molecule has 0 heterocycles. The average molecular weight is 384 g/mol. The van der Waals surface area contributed by atoms with Gasteiger partial charge in [-0.05, 0) is 78.0 Å². The maximum absolute atomic E-state index is 10.7. The SMILES string of the molecule is CC(Oc1ccc(Oc2ccc(I)cc2)cc1)C(=O)O. The van der Waals surface area contributed by atoms with Crippen LogP contribution in [0.1, 0.15) is 6.92 Å². The fourth-order valence-electron chi connectivity index (χ4n) is 1.48. The van der Waals surface area contributed by atoms with Crippen LogP contribution in [0.5, 0.6) is 17.2 Å². The van der Waals surface area contributed by atoms with Crippen molar-refractivity contribution in [2.75, 3.05) is 0 Å². The molecule has 4 nitrogen and oxygen atoms in total. The highest BCUT2D eigenvalue weighted by molar-refractivity contribution is 14.1. The van der Waals surface area contributed by atoms with Gasteiger partial charge in [0.2, 0.25) is 0 Å². The van der Waals surface area contributed by atoms with E-state index in [0.29, 0.717) is 11.5 Å². The van der Waals surface area contributed by atoms with Gasteiger partial charge in [0.25, 0.3) is 0 Å². The monoisotopic (exact) mass is 384 g/mol. The molecule has 1 unspecified atom stereocenters. The zero-order chi connectivity index (χ0) is 14.5. The molecule has 0 aliphatic carbocycles. The smallest absolute Gasteiger partial charge is 0.344 e. The lowest BCUT2D eigenvalue weighted by Crippen LogP contribution is -2.22. The maximum Gasteiger partial charge on any atom is 0.344 e. The predicted octanol–water partition coefficient (Wildman–Crippen LogP) is 3.94. The molecule has 2 aromatic rings. The van der Waals surface area contributed by atoms with Crippen molar-refractivity contribution in [2.45, 2.75) is 13.0 Å². The van der Waals surface area contributed by atoms with Gasteiger partial charge in [0, 0.05) is 3.57 Å². The van der Waals surface area contributed by atoms with Gasteiger partial charge in [-0.1, -0.05) is 0 Å². The average Bonchev–Trinajstić information content (AvgIpc) is 2.43. The van der Waals surface area contributed by atoms with Crippen LogP contribution in [0, 0.1) is 3.57 Å². The van der Waals surface area contributed by atoms with Crippen LogP contribution < -0.4 is 9.47 Å². The Hall–Kier alpha value is -1.76. The Balaban J connectivity index is 2.01. The summed E-state index contributed by atoms with van der Waals surface area (Å²) in [6.07, 6.45) is -0.877. The first-order valence-corrected chi connectivity index (χ1v) is 7.05. The minimum absolute atomic E-state index is 0.495. The van der Waals surface area contributed by atoms with Gasteiger partial charge >= 0.3 is 5.97 Å². The lowest BCUT2D eigenvalue weighted by Gasteiger charge is -2.11. The van der Waals surface area contributed by atoms with Gasteiger partial charge in [-0.3, -0.25) is 0 Å². The van der Waals surface area contributed by atoms with E-state index in [1.165, 1.54) is 6.92 Å². The first-order chi connectivity index (χ1) is 9.54. The molecule has 0 fully saturated rings. The standard InChI is InChI=1S/C15H13IO4/c1-10(15(17)18)19-12-6-8-14(9-7-12)20-13-4-2-11(16)3-5-13/h2-10H,1H3,(H,17,18). The molecule has 20 heavy (non-hydrogen) atoms. The van der Waals surface area contributed by atoms with Crippen LogP contribution in [-0.2, 0) is 4.79 Å². The first kappa shape index (κ1) is 14.6. The topological polar surface area (TPSA) is 55.8 Å². The second kappa shape index (κ2) is 6.60. The number of hydrogen-bond donors (Lipinski definition) is 1. The molecule has 0 aliphatic heterocycles. The number of carboxylic acids is 1. The third-order valence-electron chi connectivity index (χ3n) is 2.53. The molecule has 104 valence electrons. The van der Waals surface area contributed by atoms with Crippen molar-refractivity contribution in [3.8, 4) is 17.2 Å². The van der Waals surface area contributed by atoms with E-state index in [-0.39, 0.29) is 0 Å². The number of benzene rings is 2. The van der Waals surface area contributed by atoms with Crippen LogP contribution in [0.3, 0.4) is 0 Å². The van der Waals surface area contributed by atoms with Crippen molar-refractivity contribution in [3.63, 3.8) is 0 Å². The normalized spacial score (nSPS) is 11.7. The Bertz CT molecular complexity index is 578. The molecule has 2 aromatic carbocycles. The molecule has 5 heteroatoms. The highest BCUT2D eigenvalue weighted by Crippen LogP contribution is 2.24. The van der Waals surface area contributed by atoms with Crippen LogP contribution in [0.15, 0.2) is 48.5 Å². The summed E-state index contributed by atoms with van der Waals surface area (Å²) in [7, 11) is 0. The lowest BCUT2D eigenvalue weighted by atomic mass is 10.3. The summed E-state index contributed by atoms with van der Waals surface area (Å²) >= 11 is 2.23. The van der Waals surface area contributed by atoms with Crippen LogP contribution in [-0.4, -0.2) is 17.2 Å². The van der Waals surface area contributed by atoms with E-state index in [1.54, 1.807) is 24.3 Å². The van der Waals surface area contributed by atoms with Gasteiger partial charge in [-0.2, -0.15) is 0 Å². The Kier molecular flexibility index (Phi) is 4.84. The van der Waals surface area contributed by atoms with Crippen molar-refractivity contribution in [2.24, 2.45) is 0 Å². The summed E-state index contributed by atoms with van der Waals surface area (Å²) in [5, 5.41) is 8.76. The Morgan fingerprint density at radius 2 is 1.45 bits per heavy atom. The van der Waals surface area contributed by atoms with E-state index in [2.05, 4.69) is 22.6 Å². The van der Waals surface area contributed by atoms with Crippen LogP contribution in [0.4, 0.5) is 0 Å². The van der Waals surface area contributed by atoms with Gasteiger partial charge < -0.3 is 14.6 Å². The Labute approximate surface area is 130 Å². The molecule has 0 bridgehead atoms. The number of rotatable bonds is 5. The van der Waals surface area contributed by atoms with E-state index in [4.69, 9.17) is 14.6 Å². The van der Waals surface area contributed by atoms with Gasteiger partial charge in [-0.25, -0.2) is 4.79 Å². The van der Waals surface area contributed by atoms with E-state index < -0.39 is 12.1 Å². The van der Waals surface area contributed by atoms with E-state index in [9.17, 15) is 4.79 Å². The molecule has 0 spiro atoms. The molecule has 0 radical (unpaired) electrons. The van der Waals surface area contributed by atoms with Crippen LogP contribution in [0.2, 0.25) is 0 Å². The van der Waals surface area contributed by atoms with Gasteiger partial charge in [0.1, 0.15) is 17.2 Å². The van der Waals surface area contributed by atoms with E-state index in [0.717, 1.165) is 9.32 Å². The fourth-order valence-corrected chi connectivity index (χ4v) is 1.84. The minimum Gasteiger partial charge on any atom is -0.479 e. The quantitative estimate of drug-likeness (QED) is 0.794. The summed E-state index contributed by atoms with van der Waals surface area (Å²) in [4.78, 5) is 10.7. The zero-order valence-electron chi connectivity index (χ0n) is 10.7. The molecular weight excluding hydrogens is 371 g/mol. The summed E-state index contributed by atoms with van der Waals surface area (Å²) in [6.45, 7) is 1.48. The number of aliphatic carboxylic acids is 1. The van der Waals surface area contributed by atoms with Crippen molar-refractivity contribution < 1.29 is 19.4 Å².